The minimum absolute atomic E-state index is 0.159. The van der Waals surface area contributed by atoms with E-state index in [1.165, 1.54) is 0 Å². The molecule has 3 heterocycles. The topological polar surface area (TPSA) is 57.2 Å². The van der Waals surface area contributed by atoms with Crippen molar-refractivity contribution in [3.63, 3.8) is 0 Å². The summed E-state index contributed by atoms with van der Waals surface area (Å²) in [6.07, 6.45) is 1.47. The van der Waals surface area contributed by atoms with E-state index in [0.717, 1.165) is 57.2 Å². The molecule has 6 heteroatoms. The molecule has 132 valence electrons. The van der Waals surface area contributed by atoms with Gasteiger partial charge in [0, 0.05) is 24.7 Å². The van der Waals surface area contributed by atoms with Gasteiger partial charge in [-0.25, -0.2) is 0 Å². The summed E-state index contributed by atoms with van der Waals surface area (Å²) in [7, 11) is 1.88. The lowest BCUT2D eigenvalue weighted by Crippen LogP contribution is -2.33. The minimum atomic E-state index is -0.199. The first-order valence-electron chi connectivity index (χ1n) is 8.84. The Morgan fingerprint density at radius 1 is 0.962 bits per heavy atom. The monoisotopic (exact) mass is 351 g/mol. The zero-order chi connectivity index (χ0) is 17.4. The van der Waals surface area contributed by atoms with Gasteiger partial charge in [0.15, 0.2) is 23.0 Å². The number of fused-ring (bicyclic) bond motifs is 6. The summed E-state index contributed by atoms with van der Waals surface area (Å²) in [6, 6.07) is 6.02. The third-order valence-electron chi connectivity index (χ3n) is 5.83. The molecular weight excluding hydrogens is 334 g/mol. The summed E-state index contributed by atoms with van der Waals surface area (Å²) in [5, 5.41) is 0. The van der Waals surface area contributed by atoms with Gasteiger partial charge in [0.25, 0.3) is 0 Å². The second kappa shape index (κ2) is 4.84. The molecule has 1 amide bonds. The second-order valence-electron chi connectivity index (χ2n) is 7.16. The average molecular weight is 351 g/mol. The number of ether oxygens (including phenoxy) is 4. The van der Waals surface area contributed by atoms with Gasteiger partial charge in [-0.15, -0.1) is 0 Å². The number of rotatable bonds is 0. The lowest BCUT2D eigenvalue weighted by atomic mass is 9.75. The average Bonchev–Trinajstić information content (AvgIpc) is 3.30. The van der Waals surface area contributed by atoms with Crippen molar-refractivity contribution in [3.05, 3.63) is 34.9 Å². The summed E-state index contributed by atoms with van der Waals surface area (Å²) in [5.41, 5.74) is 5.26. The van der Waals surface area contributed by atoms with Crippen molar-refractivity contribution in [2.45, 2.75) is 18.8 Å². The fourth-order valence-electron chi connectivity index (χ4n) is 4.62. The van der Waals surface area contributed by atoms with Crippen molar-refractivity contribution in [2.75, 3.05) is 27.2 Å². The molecule has 0 N–H and O–H groups in total. The Hall–Kier alpha value is -2.89. The fourth-order valence-corrected chi connectivity index (χ4v) is 4.62. The van der Waals surface area contributed by atoms with Crippen LogP contribution in [0.15, 0.2) is 18.2 Å². The van der Waals surface area contributed by atoms with Crippen molar-refractivity contribution in [2.24, 2.45) is 0 Å². The molecule has 2 aromatic carbocycles. The lowest BCUT2D eigenvalue weighted by Gasteiger charge is -2.30. The van der Waals surface area contributed by atoms with Crippen LogP contribution in [0, 0.1) is 0 Å². The Labute approximate surface area is 150 Å². The first-order valence-corrected chi connectivity index (χ1v) is 8.84. The Balaban J connectivity index is 1.72. The van der Waals surface area contributed by atoms with Crippen LogP contribution in [0.2, 0.25) is 0 Å². The van der Waals surface area contributed by atoms with E-state index < -0.39 is 0 Å². The molecule has 0 saturated carbocycles. The molecule has 1 unspecified atom stereocenters. The van der Waals surface area contributed by atoms with Gasteiger partial charge in [0.1, 0.15) is 0 Å². The van der Waals surface area contributed by atoms with E-state index >= 15 is 0 Å². The van der Waals surface area contributed by atoms with E-state index in [0.29, 0.717) is 13.0 Å². The number of carbonyl (C=O) groups excluding carboxylic acids is 1. The second-order valence-corrected chi connectivity index (χ2v) is 7.16. The highest BCUT2D eigenvalue weighted by Gasteiger charge is 2.41. The molecule has 0 saturated heterocycles. The number of hydrogen-bond acceptors (Lipinski definition) is 5. The van der Waals surface area contributed by atoms with Crippen LogP contribution in [0.4, 0.5) is 0 Å². The fraction of sp³-hybridized carbons (Fsp3) is 0.350. The van der Waals surface area contributed by atoms with Gasteiger partial charge in [-0.05, 0) is 41.7 Å². The van der Waals surface area contributed by atoms with Crippen molar-refractivity contribution in [1.29, 1.82) is 0 Å². The zero-order valence-corrected chi connectivity index (χ0v) is 14.3. The summed E-state index contributed by atoms with van der Waals surface area (Å²) in [5.74, 6) is 2.92. The van der Waals surface area contributed by atoms with E-state index in [4.69, 9.17) is 18.9 Å². The number of likely N-dealkylation sites (N-methyl/N-ethyl adjacent to an activating group) is 1. The lowest BCUT2D eigenvalue weighted by molar-refractivity contribution is -0.131. The third-order valence-corrected chi connectivity index (χ3v) is 5.83. The standard InChI is InChI=1S/C20H17NO5/c1-21-5-4-11-7-14-19(26-9-24-14)17-15(11)12(20(21)22)6-10-2-3-13-18(16(10)17)25-8-23-13/h2-3,7,12H,4-6,8-9H2,1H3. The van der Waals surface area contributed by atoms with Gasteiger partial charge in [0.05, 0.1) is 5.92 Å². The molecule has 6 rings (SSSR count). The van der Waals surface area contributed by atoms with Gasteiger partial charge < -0.3 is 23.8 Å². The van der Waals surface area contributed by atoms with Crippen LogP contribution in [0.1, 0.15) is 22.6 Å². The summed E-state index contributed by atoms with van der Waals surface area (Å²) < 4.78 is 22.9. The Kier molecular flexibility index (Phi) is 2.66. The third kappa shape index (κ3) is 1.69. The predicted octanol–water partition coefficient (Wildman–Crippen LogP) is 2.47. The van der Waals surface area contributed by atoms with Crippen LogP contribution < -0.4 is 18.9 Å². The minimum Gasteiger partial charge on any atom is -0.454 e. The van der Waals surface area contributed by atoms with Gasteiger partial charge >= 0.3 is 0 Å². The smallest absolute Gasteiger partial charge is 0.231 e. The molecule has 26 heavy (non-hydrogen) atoms. The van der Waals surface area contributed by atoms with Crippen molar-refractivity contribution < 1.29 is 23.7 Å². The zero-order valence-electron chi connectivity index (χ0n) is 14.3. The Bertz CT molecular complexity index is 983. The number of amides is 1. The van der Waals surface area contributed by atoms with E-state index in [1.807, 2.05) is 30.1 Å². The summed E-state index contributed by atoms with van der Waals surface area (Å²) in [6.45, 7) is 1.12. The number of carbonyl (C=O) groups is 1. The molecule has 0 aromatic heterocycles. The van der Waals surface area contributed by atoms with Crippen LogP contribution in [-0.2, 0) is 17.6 Å². The molecule has 3 aliphatic heterocycles. The Morgan fingerprint density at radius 3 is 2.58 bits per heavy atom. The first kappa shape index (κ1) is 14.3. The van der Waals surface area contributed by atoms with Gasteiger partial charge in [-0.2, -0.15) is 0 Å². The van der Waals surface area contributed by atoms with Crippen molar-refractivity contribution in [3.8, 4) is 34.1 Å². The molecule has 0 radical (unpaired) electrons. The molecule has 1 aliphatic carbocycles. The highest BCUT2D eigenvalue weighted by atomic mass is 16.7. The molecule has 0 bridgehead atoms. The van der Waals surface area contributed by atoms with Gasteiger partial charge in [-0.3, -0.25) is 4.79 Å². The quantitative estimate of drug-likeness (QED) is 0.730. The molecule has 0 fully saturated rings. The first-order chi connectivity index (χ1) is 12.7. The van der Waals surface area contributed by atoms with Gasteiger partial charge in [0.2, 0.25) is 19.5 Å². The maximum absolute atomic E-state index is 13.1. The maximum atomic E-state index is 13.1. The van der Waals surface area contributed by atoms with E-state index in [2.05, 4.69) is 0 Å². The molecular formula is C20H17NO5. The maximum Gasteiger partial charge on any atom is 0.231 e. The highest BCUT2D eigenvalue weighted by molar-refractivity contribution is 5.96. The predicted molar refractivity (Wildman–Crippen MR) is 91.9 cm³/mol. The summed E-state index contributed by atoms with van der Waals surface area (Å²) in [4.78, 5) is 14.9. The van der Waals surface area contributed by atoms with Crippen LogP contribution >= 0.6 is 0 Å². The van der Waals surface area contributed by atoms with Crippen LogP contribution in [0.25, 0.3) is 11.1 Å². The van der Waals surface area contributed by atoms with E-state index in [-0.39, 0.29) is 25.4 Å². The number of benzene rings is 2. The van der Waals surface area contributed by atoms with Crippen LogP contribution in [0.3, 0.4) is 0 Å². The largest absolute Gasteiger partial charge is 0.454 e. The molecule has 1 atom stereocenters. The van der Waals surface area contributed by atoms with Crippen LogP contribution in [0.5, 0.6) is 23.0 Å². The SMILES string of the molecule is CN1CCc2cc3c(c4c2C(Cc2ccc5c(c2-4)OCO5)C1=O)OCO3. The van der Waals surface area contributed by atoms with E-state index in [9.17, 15) is 4.79 Å². The molecule has 2 aromatic rings. The Morgan fingerprint density at radius 2 is 1.73 bits per heavy atom. The molecule has 4 aliphatic rings. The molecule has 6 nitrogen and oxygen atoms in total. The highest BCUT2D eigenvalue weighted by Crippen LogP contribution is 2.57. The number of nitrogens with zero attached hydrogens (tertiary/aromatic N) is 1. The van der Waals surface area contributed by atoms with E-state index in [1.54, 1.807) is 0 Å². The van der Waals surface area contributed by atoms with Crippen molar-refractivity contribution >= 4 is 5.91 Å². The molecule has 0 spiro atoms. The van der Waals surface area contributed by atoms with Gasteiger partial charge in [-0.1, -0.05) is 6.07 Å². The normalized spacial score (nSPS) is 21.3. The summed E-state index contributed by atoms with van der Waals surface area (Å²) >= 11 is 0. The van der Waals surface area contributed by atoms with Crippen LogP contribution in [-0.4, -0.2) is 38.0 Å². The number of hydrogen-bond donors (Lipinski definition) is 0. The van der Waals surface area contributed by atoms with Crippen molar-refractivity contribution in [1.82, 2.24) is 4.90 Å².